The van der Waals surface area contributed by atoms with E-state index in [0.29, 0.717) is 32.1 Å². The summed E-state index contributed by atoms with van der Waals surface area (Å²) in [5.74, 6) is 0.266. The van der Waals surface area contributed by atoms with Gasteiger partial charge < -0.3 is 18.8 Å². The van der Waals surface area contributed by atoms with E-state index in [-0.39, 0.29) is 18.8 Å². The Labute approximate surface area is 200 Å². The Balaban J connectivity index is 1.69. The van der Waals surface area contributed by atoms with E-state index in [4.69, 9.17) is 25.8 Å². The van der Waals surface area contributed by atoms with Crippen molar-refractivity contribution in [1.82, 2.24) is 4.57 Å². The highest BCUT2D eigenvalue weighted by atomic mass is 79.9. The number of hydrogen-bond donors (Lipinski definition) is 0. The van der Waals surface area contributed by atoms with E-state index >= 15 is 0 Å². The van der Waals surface area contributed by atoms with Gasteiger partial charge in [0.05, 0.1) is 20.6 Å². The van der Waals surface area contributed by atoms with Gasteiger partial charge in [-0.25, -0.2) is 0 Å². The first-order valence-corrected chi connectivity index (χ1v) is 11.0. The van der Waals surface area contributed by atoms with Crippen LogP contribution in [0.2, 0.25) is 5.02 Å². The summed E-state index contributed by atoms with van der Waals surface area (Å²) in [6.45, 7) is 3.44. The van der Waals surface area contributed by atoms with Crippen LogP contribution in [0.3, 0.4) is 0 Å². The average Bonchev–Trinajstić information content (AvgIpc) is 3.07. The van der Waals surface area contributed by atoms with E-state index in [2.05, 4.69) is 15.9 Å². The molecule has 6 nitrogen and oxygen atoms in total. The summed E-state index contributed by atoms with van der Waals surface area (Å²) in [7, 11) is 3.06. The van der Waals surface area contributed by atoms with Gasteiger partial charge in [-0.15, -0.1) is 0 Å². The number of aryl methyl sites for hydroxylation is 1. The molecule has 3 rings (SSSR count). The minimum Gasteiger partial charge on any atom is -0.493 e. The predicted octanol–water partition coefficient (Wildman–Crippen LogP) is 5.50. The summed E-state index contributed by atoms with van der Waals surface area (Å²) in [5.41, 5.74) is 3.75. The van der Waals surface area contributed by atoms with Gasteiger partial charge >= 0.3 is 5.97 Å². The first-order valence-electron chi connectivity index (χ1n) is 9.79. The van der Waals surface area contributed by atoms with Gasteiger partial charge in [-0.3, -0.25) is 9.59 Å². The zero-order valence-corrected chi connectivity index (χ0v) is 20.5. The van der Waals surface area contributed by atoms with Crippen LogP contribution in [0.4, 0.5) is 0 Å². The third-order valence-corrected chi connectivity index (χ3v) is 6.06. The SMILES string of the molecule is COc1cc(Br)c(CC(=O)OCC(=O)c2cc(C)n(-c3ccc(Cl)cc3)c2C)cc1OC. The van der Waals surface area contributed by atoms with Gasteiger partial charge in [-0.2, -0.15) is 0 Å². The first kappa shape index (κ1) is 23.9. The van der Waals surface area contributed by atoms with Gasteiger partial charge in [0, 0.05) is 32.1 Å². The Hall–Kier alpha value is -2.77. The molecule has 1 aromatic heterocycles. The van der Waals surface area contributed by atoms with Crippen molar-refractivity contribution >= 4 is 39.3 Å². The molecule has 0 aliphatic carbocycles. The number of ether oxygens (including phenoxy) is 3. The second kappa shape index (κ2) is 10.2. The largest absolute Gasteiger partial charge is 0.493 e. The van der Waals surface area contributed by atoms with Crippen molar-refractivity contribution in [3.05, 3.63) is 74.5 Å². The van der Waals surface area contributed by atoms with E-state index in [1.54, 1.807) is 30.3 Å². The number of Topliss-reactive ketones (excluding diaryl/α,β-unsaturated/α-hetero) is 1. The molecule has 168 valence electrons. The maximum absolute atomic E-state index is 12.8. The summed E-state index contributed by atoms with van der Waals surface area (Å²) in [6.07, 6.45) is -0.0159. The normalized spacial score (nSPS) is 10.7. The number of hydrogen-bond acceptors (Lipinski definition) is 5. The topological polar surface area (TPSA) is 66.8 Å². The van der Waals surface area contributed by atoms with E-state index in [9.17, 15) is 9.59 Å². The number of ketones is 1. The van der Waals surface area contributed by atoms with Gasteiger partial charge in [0.15, 0.2) is 18.1 Å². The van der Waals surface area contributed by atoms with Crippen molar-refractivity contribution in [2.45, 2.75) is 20.3 Å². The molecule has 0 spiro atoms. The van der Waals surface area contributed by atoms with Crippen LogP contribution < -0.4 is 9.47 Å². The molecule has 0 aliphatic rings. The van der Waals surface area contributed by atoms with Crippen molar-refractivity contribution in [1.29, 1.82) is 0 Å². The first-order chi connectivity index (χ1) is 15.2. The third kappa shape index (κ3) is 5.16. The highest BCUT2D eigenvalue weighted by molar-refractivity contribution is 9.10. The summed E-state index contributed by atoms with van der Waals surface area (Å²) < 4.78 is 18.4. The molecule has 0 saturated carbocycles. The van der Waals surface area contributed by atoms with Crippen molar-refractivity contribution in [2.75, 3.05) is 20.8 Å². The maximum Gasteiger partial charge on any atom is 0.310 e. The minimum absolute atomic E-state index is 0.0159. The van der Waals surface area contributed by atoms with Crippen LogP contribution in [0.15, 0.2) is 46.9 Å². The molecule has 0 unspecified atom stereocenters. The molecule has 32 heavy (non-hydrogen) atoms. The number of nitrogens with zero attached hydrogens (tertiary/aromatic N) is 1. The lowest BCUT2D eigenvalue weighted by Crippen LogP contribution is -2.16. The molecule has 0 N–H and O–H groups in total. The zero-order valence-electron chi connectivity index (χ0n) is 18.2. The molecule has 2 aromatic carbocycles. The number of aromatic nitrogens is 1. The number of esters is 1. The fraction of sp³-hybridized carbons (Fsp3) is 0.250. The summed E-state index contributed by atoms with van der Waals surface area (Å²) in [4.78, 5) is 25.1. The molecule has 0 atom stereocenters. The molecular weight excluding hydrogens is 498 g/mol. The predicted molar refractivity (Wildman–Crippen MR) is 126 cm³/mol. The van der Waals surface area contributed by atoms with Crippen molar-refractivity contribution in [2.24, 2.45) is 0 Å². The lowest BCUT2D eigenvalue weighted by atomic mass is 10.1. The minimum atomic E-state index is -0.516. The number of carbonyl (C=O) groups excluding carboxylic acids is 2. The number of methoxy groups -OCH3 is 2. The second-order valence-corrected chi connectivity index (χ2v) is 8.45. The Bertz CT molecular complexity index is 1150. The number of halogens is 2. The van der Waals surface area contributed by atoms with Crippen LogP contribution in [0.25, 0.3) is 5.69 Å². The Kier molecular flexibility index (Phi) is 7.64. The van der Waals surface area contributed by atoms with Gasteiger partial charge in [-0.05, 0) is 61.9 Å². The average molecular weight is 521 g/mol. The van der Waals surface area contributed by atoms with Crippen LogP contribution in [0, 0.1) is 13.8 Å². The van der Waals surface area contributed by atoms with Gasteiger partial charge in [0.2, 0.25) is 5.78 Å². The molecule has 3 aromatic rings. The lowest BCUT2D eigenvalue weighted by Gasteiger charge is -2.12. The molecule has 0 fully saturated rings. The molecular formula is C24H23BrClNO5. The van der Waals surface area contributed by atoms with E-state index in [1.807, 2.05) is 30.5 Å². The van der Waals surface area contributed by atoms with Crippen LogP contribution in [0.5, 0.6) is 11.5 Å². The highest BCUT2D eigenvalue weighted by Crippen LogP contribution is 2.33. The molecule has 1 heterocycles. The standard InChI is InChI=1S/C24H23BrClNO5/c1-14-9-19(15(2)27(14)18-7-5-17(26)6-8-18)21(28)13-32-24(29)11-16-10-22(30-3)23(31-4)12-20(16)25/h5-10,12H,11,13H2,1-4H3. The van der Waals surface area contributed by atoms with Crippen molar-refractivity contribution in [3.8, 4) is 17.2 Å². The third-order valence-electron chi connectivity index (χ3n) is 5.07. The van der Waals surface area contributed by atoms with Crippen LogP contribution in [-0.4, -0.2) is 37.1 Å². The highest BCUT2D eigenvalue weighted by Gasteiger charge is 2.19. The monoisotopic (exact) mass is 519 g/mol. The van der Waals surface area contributed by atoms with Crippen LogP contribution in [-0.2, 0) is 16.0 Å². The summed E-state index contributed by atoms with van der Waals surface area (Å²) in [5, 5.41) is 0.639. The number of rotatable bonds is 8. The quantitative estimate of drug-likeness (QED) is 0.290. The van der Waals surface area contributed by atoms with Gasteiger partial charge in [0.25, 0.3) is 0 Å². The molecule has 0 aliphatic heterocycles. The molecule has 0 radical (unpaired) electrons. The van der Waals surface area contributed by atoms with Crippen molar-refractivity contribution in [3.63, 3.8) is 0 Å². The summed E-state index contributed by atoms with van der Waals surface area (Å²) in [6, 6.07) is 12.6. The zero-order chi connectivity index (χ0) is 23.4. The van der Waals surface area contributed by atoms with E-state index < -0.39 is 5.97 Å². The van der Waals surface area contributed by atoms with Crippen LogP contribution >= 0.6 is 27.5 Å². The molecule has 8 heteroatoms. The fourth-order valence-electron chi connectivity index (χ4n) is 3.49. The molecule has 0 saturated heterocycles. The van der Waals surface area contributed by atoms with Crippen LogP contribution in [0.1, 0.15) is 27.3 Å². The summed E-state index contributed by atoms with van der Waals surface area (Å²) >= 11 is 9.40. The Morgan fingerprint density at radius 3 is 2.25 bits per heavy atom. The Morgan fingerprint density at radius 2 is 1.62 bits per heavy atom. The lowest BCUT2D eigenvalue weighted by molar-refractivity contribution is -0.141. The smallest absolute Gasteiger partial charge is 0.310 e. The van der Waals surface area contributed by atoms with Crippen molar-refractivity contribution < 1.29 is 23.8 Å². The van der Waals surface area contributed by atoms with E-state index in [1.165, 1.54) is 14.2 Å². The fourth-order valence-corrected chi connectivity index (χ4v) is 4.08. The second-order valence-electron chi connectivity index (χ2n) is 7.16. The molecule has 0 bridgehead atoms. The molecule has 0 amide bonds. The number of benzene rings is 2. The Morgan fingerprint density at radius 1 is 1.00 bits per heavy atom. The maximum atomic E-state index is 12.8. The van der Waals surface area contributed by atoms with Gasteiger partial charge in [-0.1, -0.05) is 27.5 Å². The van der Waals surface area contributed by atoms with E-state index in [0.717, 1.165) is 17.1 Å². The van der Waals surface area contributed by atoms with Gasteiger partial charge in [0.1, 0.15) is 0 Å². The number of carbonyl (C=O) groups is 2.